The van der Waals surface area contributed by atoms with Crippen LogP contribution < -0.4 is 5.32 Å². The lowest BCUT2D eigenvalue weighted by Gasteiger charge is -2.03. The van der Waals surface area contributed by atoms with Crippen molar-refractivity contribution in [1.29, 1.82) is 0 Å². The molecule has 2 aromatic rings. The van der Waals surface area contributed by atoms with Crippen molar-refractivity contribution in [3.8, 4) is 0 Å². The maximum Gasteiger partial charge on any atom is 0.270 e. The average molecular weight is 331 g/mol. The first-order chi connectivity index (χ1) is 9.47. The van der Waals surface area contributed by atoms with Crippen LogP contribution >= 0.6 is 22.0 Å². The second-order valence-electron chi connectivity index (χ2n) is 3.91. The van der Waals surface area contributed by atoms with E-state index in [0.717, 1.165) is 16.2 Å². The Bertz CT molecular complexity index is 699. The number of aromatic nitrogens is 1. The Kier molecular flexibility index (Phi) is 4.74. The SMILES string of the molecule is O=C(NCCc1ccc(S(=O)(=O)Cl)s1)c1cccnc1. The fraction of sp³-hybridized carbons (Fsp3) is 0.167. The number of nitrogens with zero attached hydrogens (tertiary/aromatic N) is 1. The van der Waals surface area contributed by atoms with Crippen LogP contribution in [0.5, 0.6) is 0 Å². The molecule has 0 fully saturated rings. The molecule has 0 saturated carbocycles. The molecule has 0 atom stereocenters. The third-order valence-electron chi connectivity index (χ3n) is 2.46. The normalized spacial score (nSPS) is 11.2. The third kappa shape index (κ3) is 4.03. The predicted molar refractivity (Wildman–Crippen MR) is 77.6 cm³/mol. The van der Waals surface area contributed by atoms with Crippen LogP contribution in [0.4, 0.5) is 0 Å². The fourth-order valence-corrected chi connectivity index (χ4v) is 3.64. The van der Waals surface area contributed by atoms with Gasteiger partial charge in [-0.25, -0.2) is 8.42 Å². The molecule has 2 heterocycles. The molecule has 0 spiro atoms. The summed E-state index contributed by atoms with van der Waals surface area (Å²) in [6.07, 6.45) is 3.62. The number of hydrogen-bond acceptors (Lipinski definition) is 5. The molecular weight excluding hydrogens is 320 g/mol. The number of amides is 1. The molecule has 0 radical (unpaired) electrons. The van der Waals surface area contributed by atoms with Crippen molar-refractivity contribution in [3.63, 3.8) is 0 Å². The van der Waals surface area contributed by atoms with E-state index < -0.39 is 9.05 Å². The Morgan fingerprint density at radius 3 is 2.75 bits per heavy atom. The highest BCUT2D eigenvalue weighted by atomic mass is 35.7. The zero-order valence-electron chi connectivity index (χ0n) is 10.2. The van der Waals surface area contributed by atoms with E-state index in [9.17, 15) is 13.2 Å². The number of carbonyl (C=O) groups is 1. The van der Waals surface area contributed by atoms with Crippen LogP contribution in [0.25, 0.3) is 0 Å². The highest BCUT2D eigenvalue weighted by Gasteiger charge is 2.13. The zero-order chi connectivity index (χ0) is 14.6. The van der Waals surface area contributed by atoms with E-state index in [-0.39, 0.29) is 10.1 Å². The minimum absolute atomic E-state index is 0.118. The van der Waals surface area contributed by atoms with Gasteiger partial charge in [-0.2, -0.15) is 0 Å². The van der Waals surface area contributed by atoms with Crippen molar-refractivity contribution in [1.82, 2.24) is 10.3 Å². The van der Waals surface area contributed by atoms with Gasteiger partial charge in [0.05, 0.1) is 5.56 Å². The van der Waals surface area contributed by atoms with Gasteiger partial charge in [0.25, 0.3) is 15.0 Å². The van der Waals surface area contributed by atoms with E-state index in [1.165, 1.54) is 12.3 Å². The Hall–Kier alpha value is -1.44. The molecule has 106 valence electrons. The van der Waals surface area contributed by atoms with Gasteiger partial charge in [0.15, 0.2) is 0 Å². The van der Waals surface area contributed by atoms with Crippen molar-refractivity contribution >= 4 is 37.0 Å². The van der Waals surface area contributed by atoms with Gasteiger partial charge >= 0.3 is 0 Å². The first-order valence-electron chi connectivity index (χ1n) is 5.68. The van der Waals surface area contributed by atoms with Crippen LogP contribution in [-0.4, -0.2) is 25.9 Å². The summed E-state index contributed by atoms with van der Waals surface area (Å²) in [6, 6.07) is 6.51. The van der Waals surface area contributed by atoms with Crippen molar-refractivity contribution in [2.75, 3.05) is 6.54 Å². The smallest absolute Gasteiger partial charge is 0.270 e. The maximum absolute atomic E-state index is 11.7. The third-order valence-corrected chi connectivity index (χ3v) is 5.70. The summed E-state index contributed by atoms with van der Waals surface area (Å²) < 4.78 is 22.3. The van der Waals surface area contributed by atoms with Crippen LogP contribution in [-0.2, 0) is 15.5 Å². The quantitative estimate of drug-likeness (QED) is 0.851. The van der Waals surface area contributed by atoms with Crippen LogP contribution in [0.1, 0.15) is 15.2 Å². The lowest BCUT2D eigenvalue weighted by molar-refractivity contribution is 0.0954. The molecule has 20 heavy (non-hydrogen) atoms. The second kappa shape index (κ2) is 6.34. The molecule has 1 amide bonds. The Morgan fingerprint density at radius 1 is 1.35 bits per heavy atom. The molecule has 0 aliphatic carbocycles. The molecule has 2 rings (SSSR count). The molecule has 0 unspecified atom stereocenters. The van der Waals surface area contributed by atoms with E-state index in [1.54, 1.807) is 24.4 Å². The van der Waals surface area contributed by atoms with Crippen molar-refractivity contribution in [3.05, 3.63) is 47.1 Å². The molecule has 0 aromatic carbocycles. The van der Waals surface area contributed by atoms with Crippen LogP contribution in [0.3, 0.4) is 0 Å². The topological polar surface area (TPSA) is 76.1 Å². The predicted octanol–water partition coefficient (Wildman–Crippen LogP) is 2.04. The highest BCUT2D eigenvalue weighted by Crippen LogP contribution is 2.24. The molecule has 2 aromatic heterocycles. The largest absolute Gasteiger partial charge is 0.352 e. The van der Waals surface area contributed by atoms with E-state index in [2.05, 4.69) is 10.3 Å². The Labute approximate surface area is 125 Å². The van der Waals surface area contributed by atoms with Gasteiger partial charge in [0, 0.05) is 34.5 Å². The first-order valence-corrected chi connectivity index (χ1v) is 8.81. The molecule has 1 N–H and O–H groups in total. The molecule has 0 saturated heterocycles. The number of thiophene rings is 1. The van der Waals surface area contributed by atoms with Crippen molar-refractivity contribution in [2.24, 2.45) is 0 Å². The lowest BCUT2D eigenvalue weighted by Crippen LogP contribution is -2.25. The summed E-state index contributed by atoms with van der Waals surface area (Å²) >= 11 is 1.10. The number of nitrogens with one attached hydrogen (secondary N) is 1. The van der Waals surface area contributed by atoms with E-state index >= 15 is 0 Å². The van der Waals surface area contributed by atoms with Gasteiger partial charge in [-0.3, -0.25) is 9.78 Å². The summed E-state index contributed by atoms with van der Waals surface area (Å²) in [5.41, 5.74) is 0.489. The summed E-state index contributed by atoms with van der Waals surface area (Å²) in [6.45, 7) is 0.413. The monoisotopic (exact) mass is 330 g/mol. The fourth-order valence-electron chi connectivity index (χ4n) is 1.52. The van der Waals surface area contributed by atoms with Crippen molar-refractivity contribution in [2.45, 2.75) is 10.6 Å². The second-order valence-corrected chi connectivity index (χ2v) is 7.87. The minimum atomic E-state index is -3.67. The number of halogens is 1. The van der Waals surface area contributed by atoms with Gasteiger partial charge in [-0.1, -0.05) is 0 Å². The molecule has 5 nitrogen and oxygen atoms in total. The summed E-state index contributed by atoms with van der Waals surface area (Å²) in [5.74, 6) is -0.208. The first kappa shape index (κ1) is 15.0. The summed E-state index contributed by atoms with van der Waals surface area (Å²) in [7, 11) is 1.57. The van der Waals surface area contributed by atoms with E-state index in [1.807, 2.05) is 0 Å². The van der Waals surface area contributed by atoms with Gasteiger partial charge in [-0.15, -0.1) is 11.3 Å². The zero-order valence-corrected chi connectivity index (χ0v) is 12.6. The number of pyridine rings is 1. The van der Waals surface area contributed by atoms with Gasteiger partial charge < -0.3 is 5.32 Å². The van der Waals surface area contributed by atoms with Crippen LogP contribution in [0, 0.1) is 0 Å². The van der Waals surface area contributed by atoms with E-state index in [0.29, 0.717) is 18.5 Å². The molecule has 0 aliphatic rings. The molecule has 0 aliphatic heterocycles. The van der Waals surface area contributed by atoms with Gasteiger partial charge in [0.2, 0.25) is 0 Å². The standard InChI is InChI=1S/C12H11ClN2O3S2/c13-20(17,18)11-4-3-10(19-11)5-7-15-12(16)9-2-1-6-14-8-9/h1-4,6,8H,5,7H2,(H,15,16). The highest BCUT2D eigenvalue weighted by molar-refractivity contribution is 8.15. The van der Waals surface area contributed by atoms with Gasteiger partial charge in [0.1, 0.15) is 4.21 Å². The maximum atomic E-state index is 11.7. The lowest BCUT2D eigenvalue weighted by atomic mass is 10.2. The Morgan fingerprint density at radius 2 is 2.15 bits per heavy atom. The van der Waals surface area contributed by atoms with Crippen LogP contribution in [0.2, 0.25) is 0 Å². The number of hydrogen-bond donors (Lipinski definition) is 1. The molecule has 0 bridgehead atoms. The van der Waals surface area contributed by atoms with Gasteiger partial charge in [-0.05, 0) is 30.7 Å². The summed E-state index contributed by atoms with van der Waals surface area (Å²) in [5, 5.41) is 2.74. The minimum Gasteiger partial charge on any atom is -0.352 e. The molecular formula is C12H11ClN2O3S2. The van der Waals surface area contributed by atoms with Crippen molar-refractivity contribution < 1.29 is 13.2 Å². The summed E-state index contributed by atoms with van der Waals surface area (Å²) in [4.78, 5) is 16.4. The van der Waals surface area contributed by atoms with E-state index in [4.69, 9.17) is 10.7 Å². The number of carbonyl (C=O) groups excluding carboxylic acids is 1. The number of rotatable bonds is 5. The average Bonchev–Trinajstić information content (AvgIpc) is 2.88. The molecule has 8 heteroatoms. The Balaban J connectivity index is 1.88. The van der Waals surface area contributed by atoms with Crippen LogP contribution in [0.15, 0.2) is 40.9 Å².